The molecular formula is CHIN2. The second kappa shape index (κ2) is 3.02. The highest BCUT2D eigenvalue weighted by Gasteiger charge is 1.43. The Balaban J connectivity index is 2.43. The van der Waals surface area contributed by atoms with Crippen LogP contribution in [0.1, 0.15) is 0 Å². The summed E-state index contributed by atoms with van der Waals surface area (Å²) in [5.74, 6) is 0. The number of hydrogen-bond donors (Lipinski definition) is 1. The average Bonchev–Trinajstić information content (AvgIpc) is 1.37. The Morgan fingerprint density at radius 1 is 2.00 bits per heavy atom. The average molecular weight is 168 g/mol. The molecule has 0 saturated heterocycles. The molecule has 0 aliphatic heterocycles. The van der Waals surface area contributed by atoms with Crippen molar-refractivity contribution in [2.45, 2.75) is 0 Å². The maximum Gasteiger partial charge on any atom is 0.186 e. The summed E-state index contributed by atoms with van der Waals surface area (Å²) in [4.78, 5) is 0. The number of nitriles is 1. The van der Waals surface area contributed by atoms with Crippen molar-refractivity contribution in [1.82, 2.24) is 3.53 Å². The first-order valence-electron chi connectivity index (χ1n) is 0.663. The maximum absolute atomic E-state index is 7.51. The molecule has 0 fully saturated rings. The van der Waals surface area contributed by atoms with Crippen molar-refractivity contribution in [1.29, 1.82) is 5.26 Å². The largest absolute Gasteiger partial charge is 0.265 e. The first kappa shape index (κ1) is 4.02. The van der Waals surface area contributed by atoms with Gasteiger partial charge in [0.1, 0.15) is 0 Å². The minimum Gasteiger partial charge on any atom is -0.265 e. The highest BCUT2D eigenvalue weighted by Crippen LogP contribution is 1.55. The molecule has 0 aromatic rings. The Kier molecular flexibility index (Phi) is 3.04. The van der Waals surface area contributed by atoms with Crippen molar-refractivity contribution >= 4 is 22.9 Å². The monoisotopic (exact) mass is 168 g/mol. The van der Waals surface area contributed by atoms with E-state index < -0.39 is 0 Å². The second-order valence-electron chi connectivity index (χ2n) is 0.206. The van der Waals surface area contributed by atoms with Crippen LogP contribution in [0.2, 0.25) is 0 Å². The first-order chi connectivity index (χ1) is 1.91. The Morgan fingerprint density at radius 3 is 2.25 bits per heavy atom. The van der Waals surface area contributed by atoms with Crippen molar-refractivity contribution in [2.24, 2.45) is 0 Å². The van der Waals surface area contributed by atoms with E-state index in [9.17, 15) is 0 Å². The summed E-state index contributed by atoms with van der Waals surface area (Å²) < 4.78 is 2.21. The molecule has 0 rings (SSSR count). The molecule has 0 unspecified atom stereocenters. The normalized spacial score (nSPS) is 4.00. The van der Waals surface area contributed by atoms with E-state index in [1.54, 1.807) is 29.1 Å². The lowest BCUT2D eigenvalue weighted by Gasteiger charge is -1.55. The zero-order chi connectivity index (χ0) is 3.41. The van der Waals surface area contributed by atoms with Gasteiger partial charge in [-0.1, -0.05) is 0 Å². The van der Waals surface area contributed by atoms with Crippen LogP contribution in [0.5, 0.6) is 0 Å². The summed E-state index contributed by atoms with van der Waals surface area (Å²) in [5.41, 5.74) is 0. The number of halogens is 1. The maximum atomic E-state index is 7.51. The fourth-order valence-corrected chi connectivity index (χ4v) is 0. The third-order valence-corrected chi connectivity index (χ3v) is 0.283. The summed E-state index contributed by atoms with van der Waals surface area (Å²) in [6.45, 7) is 0. The topological polar surface area (TPSA) is 35.8 Å². The Morgan fingerprint density at radius 2 is 2.25 bits per heavy atom. The van der Waals surface area contributed by atoms with Crippen LogP contribution < -0.4 is 3.53 Å². The molecule has 3 heteroatoms. The molecule has 22 valence electrons. The Labute approximate surface area is 38.3 Å². The third kappa shape index (κ3) is 2.02. The number of hydrogen-bond acceptors (Lipinski definition) is 2. The van der Waals surface area contributed by atoms with Gasteiger partial charge in [-0.25, -0.2) is 0 Å². The summed E-state index contributed by atoms with van der Waals surface area (Å²) >= 11 is 1.74. The van der Waals surface area contributed by atoms with E-state index in [2.05, 4.69) is 3.53 Å². The number of nitrogens with zero attached hydrogens (tertiary/aromatic N) is 1. The molecule has 0 heterocycles. The smallest absolute Gasteiger partial charge is 0.186 e. The van der Waals surface area contributed by atoms with Gasteiger partial charge in [-0.2, -0.15) is 5.26 Å². The molecule has 0 atom stereocenters. The standard InChI is InChI=1S/CHIN2/c2-4-1-3/h4H. The van der Waals surface area contributed by atoms with Crippen molar-refractivity contribution < 1.29 is 0 Å². The van der Waals surface area contributed by atoms with Gasteiger partial charge in [0, 0.05) is 0 Å². The van der Waals surface area contributed by atoms with Crippen LogP contribution in [-0.4, -0.2) is 0 Å². The molecule has 0 radical (unpaired) electrons. The predicted molar refractivity (Wildman–Crippen MR) is 22.8 cm³/mol. The van der Waals surface area contributed by atoms with Crippen LogP contribution in [0.4, 0.5) is 0 Å². The summed E-state index contributed by atoms with van der Waals surface area (Å²) in [6.07, 6.45) is 1.67. The molecule has 0 aromatic carbocycles. The first-order valence-corrected chi connectivity index (χ1v) is 1.74. The number of nitrogens with one attached hydrogen (secondary N) is 1. The van der Waals surface area contributed by atoms with Crippen molar-refractivity contribution in [3.8, 4) is 6.19 Å². The molecule has 0 aliphatic carbocycles. The molecule has 0 bridgehead atoms. The van der Waals surface area contributed by atoms with E-state index in [0.717, 1.165) is 0 Å². The van der Waals surface area contributed by atoms with Crippen LogP contribution in [0.25, 0.3) is 0 Å². The molecule has 4 heavy (non-hydrogen) atoms. The van der Waals surface area contributed by atoms with Crippen molar-refractivity contribution in [2.75, 3.05) is 0 Å². The van der Waals surface area contributed by atoms with Crippen molar-refractivity contribution in [3.63, 3.8) is 0 Å². The van der Waals surface area contributed by atoms with E-state index >= 15 is 0 Å². The number of rotatable bonds is 0. The minimum absolute atomic E-state index is 1.67. The van der Waals surface area contributed by atoms with E-state index in [1.807, 2.05) is 0 Å². The van der Waals surface area contributed by atoms with Gasteiger partial charge in [-0.3, -0.25) is 3.53 Å². The third-order valence-electron chi connectivity index (χ3n) is 0.0423. The molecule has 0 saturated carbocycles. The zero-order valence-electron chi connectivity index (χ0n) is 1.83. The van der Waals surface area contributed by atoms with E-state index in [0.29, 0.717) is 0 Å². The van der Waals surface area contributed by atoms with Gasteiger partial charge in [0.2, 0.25) is 0 Å². The predicted octanol–water partition coefficient (Wildman–Crippen LogP) is 0.407. The van der Waals surface area contributed by atoms with Gasteiger partial charge in [-0.05, 0) is 0 Å². The fourth-order valence-electron chi connectivity index (χ4n) is 0. The molecule has 0 aromatic heterocycles. The fraction of sp³-hybridized carbons (Fsp3) is 0. The highest BCUT2D eigenvalue weighted by molar-refractivity contribution is 14.1. The Bertz CT molecular complexity index is 35.8. The van der Waals surface area contributed by atoms with E-state index in [-0.39, 0.29) is 0 Å². The summed E-state index contributed by atoms with van der Waals surface area (Å²) in [5, 5.41) is 7.51. The molecule has 0 amide bonds. The molecule has 0 spiro atoms. The van der Waals surface area contributed by atoms with Crippen LogP contribution in [0.3, 0.4) is 0 Å². The molecule has 2 nitrogen and oxygen atoms in total. The molecule has 1 N–H and O–H groups in total. The lowest BCUT2D eigenvalue weighted by Crippen LogP contribution is -1.74. The quantitative estimate of drug-likeness (QED) is 0.246. The van der Waals surface area contributed by atoms with E-state index in [1.165, 1.54) is 0 Å². The molecule has 0 aliphatic rings. The van der Waals surface area contributed by atoms with Crippen LogP contribution in [0.15, 0.2) is 0 Å². The van der Waals surface area contributed by atoms with Crippen molar-refractivity contribution in [3.05, 3.63) is 0 Å². The lowest BCUT2D eigenvalue weighted by molar-refractivity contribution is 1.40. The SMILES string of the molecule is N#CNI. The van der Waals surface area contributed by atoms with E-state index in [4.69, 9.17) is 5.26 Å². The summed E-state index contributed by atoms with van der Waals surface area (Å²) in [6, 6.07) is 0. The Hall–Kier alpha value is 0.0200. The van der Waals surface area contributed by atoms with Crippen LogP contribution >= 0.6 is 22.9 Å². The van der Waals surface area contributed by atoms with Gasteiger partial charge >= 0.3 is 0 Å². The molecular weight excluding hydrogens is 167 g/mol. The summed E-state index contributed by atoms with van der Waals surface area (Å²) in [7, 11) is 0. The van der Waals surface area contributed by atoms with Crippen LogP contribution in [-0.2, 0) is 0 Å². The second-order valence-corrected chi connectivity index (χ2v) is 0.746. The van der Waals surface area contributed by atoms with Gasteiger partial charge in [0.25, 0.3) is 0 Å². The zero-order valence-corrected chi connectivity index (χ0v) is 3.98. The lowest BCUT2D eigenvalue weighted by atomic mass is 11.5. The van der Waals surface area contributed by atoms with Crippen LogP contribution in [0, 0.1) is 11.5 Å². The van der Waals surface area contributed by atoms with Gasteiger partial charge in [0.05, 0.1) is 22.9 Å². The van der Waals surface area contributed by atoms with Gasteiger partial charge < -0.3 is 0 Å². The highest BCUT2D eigenvalue weighted by atomic mass is 127. The van der Waals surface area contributed by atoms with Gasteiger partial charge in [0.15, 0.2) is 6.19 Å². The minimum atomic E-state index is 1.67. The van der Waals surface area contributed by atoms with Gasteiger partial charge in [-0.15, -0.1) is 0 Å².